The molecule has 1 aromatic carbocycles. The molecule has 0 fully saturated rings. The summed E-state index contributed by atoms with van der Waals surface area (Å²) in [6.45, 7) is 6.28. The summed E-state index contributed by atoms with van der Waals surface area (Å²) in [6, 6.07) is 8.40. The van der Waals surface area contributed by atoms with Gasteiger partial charge in [0.15, 0.2) is 0 Å². The van der Waals surface area contributed by atoms with Crippen LogP contribution in [0.5, 0.6) is 5.75 Å². The molecular weight excluding hydrogens is 238 g/mol. The molecule has 0 aliphatic rings. The Balaban J connectivity index is 2.10. The van der Waals surface area contributed by atoms with E-state index in [9.17, 15) is 0 Å². The Hall–Kier alpha value is -1.90. The molecule has 0 aliphatic carbocycles. The van der Waals surface area contributed by atoms with Crippen LogP contribution in [0.15, 0.2) is 34.9 Å². The van der Waals surface area contributed by atoms with Crippen LogP contribution in [-0.4, -0.2) is 13.2 Å². The highest BCUT2D eigenvalue weighted by molar-refractivity contribution is 5.60. The molecule has 3 nitrogen and oxygen atoms in total. The van der Waals surface area contributed by atoms with E-state index in [0.29, 0.717) is 6.04 Å². The van der Waals surface area contributed by atoms with Crippen molar-refractivity contribution in [2.75, 3.05) is 12.4 Å². The molecule has 0 amide bonds. The number of furan rings is 1. The molecule has 1 heterocycles. The molecule has 0 aliphatic heterocycles. The fourth-order valence-corrected chi connectivity index (χ4v) is 2.34. The van der Waals surface area contributed by atoms with E-state index in [1.807, 2.05) is 12.1 Å². The first-order chi connectivity index (χ1) is 9.11. The third kappa shape index (κ3) is 3.11. The number of aryl methyl sites for hydroxylation is 1. The molecule has 0 bridgehead atoms. The van der Waals surface area contributed by atoms with E-state index < -0.39 is 0 Å². The van der Waals surface area contributed by atoms with Crippen molar-refractivity contribution < 1.29 is 9.15 Å². The molecular formula is C16H21NO2. The summed E-state index contributed by atoms with van der Waals surface area (Å²) in [6.07, 6.45) is 2.57. The molecule has 1 atom stereocenters. The second kappa shape index (κ2) is 5.83. The van der Waals surface area contributed by atoms with Gasteiger partial charge in [-0.1, -0.05) is 6.07 Å². The zero-order valence-corrected chi connectivity index (χ0v) is 12.0. The number of methoxy groups -OCH3 is 1. The third-order valence-electron chi connectivity index (χ3n) is 3.30. The Bertz CT molecular complexity index is 532. The molecule has 0 saturated carbocycles. The zero-order chi connectivity index (χ0) is 13.8. The van der Waals surface area contributed by atoms with Gasteiger partial charge in [-0.25, -0.2) is 0 Å². The Kier molecular flexibility index (Phi) is 4.15. The number of hydrogen-bond acceptors (Lipinski definition) is 3. The summed E-state index contributed by atoms with van der Waals surface area (Å²) >= 11 is 0. The molecule has 102 valence electrons. The second-order valence-corrected chi connectivity index (χ2v) is 4.92. The van der Waals surface area contributed by atoms with Crippen molar-refractivity contribution >= 4 is 5.69 Å². The van der Waals surface area contributed by atoms with Gasteiger partial charge in [-0.2, -0.15) is 0 Å². The normalized spacial score (nSPS) is 12.2. The number of anilines is 1. The average molecular weight is 259 g/mol. The maximum atomic E-state index is 5.45. The molecule has 3 heteroatoms. The molecule has 1 aromatic heterocycles. The lowest BCUT2D eigenvalue weighted by Crippen LogP contribution is -2.18. The lowest BCUT2D eigenvalue weighted by molar-refractivity contribution is 0.409. The average Bonchev–Trinajstić information content (AvgIpc) is 2.86. The number of nitrogens with one attached hydrogen (secondary N) is 1. The van der Waals surface area contributed by atoms with Gasteiger partial charge in [0.05, 0.1) is 13.4 Å². The highest BCUT2D eigenvalue weighted by atomic mass is 16.5. The first-order valence-corrected chi connectivity index (χ1v) is 6.55. The minimum atomic E-state index is 0.303. The van der Waals surface area contributed by atoms with Crippen molar-refractivity contribution in [3.63, 3.8) is 0 Å². The van der Waals surface area contributed by atoms with Crippen LogP contribution in [0.4, 0.5) is 5.69 Å². The van der Waals surface area contributed by atoms with Gasteiger partial charge in [0.1, 0.15) is 11.5 Å². The van der Waals surface area contributed by atoms with Crippen molar-refractivity contribution in [2.24, 2.45) is 0 Å². The third-order valence-corrected chi connectivity index (χ3v) is 3.30. The first kappa shape index (κ1) is 13.5. The van der Waals surface area contributed by atoms with Crippen LogP contribution in [0.2, 0.25) is 0 Å². The van der Waals surface area contributed by atoms with Gasteiger partial charge in [0.2, 0.25) is 0 Å². The van der Waals surface area contributed by atoms with Gasteiger partial charge < -0.3 is 14.5 Å². The van der Waals surface area contributed by atoms with E-state index >= 15 is 0 Å². The fourth-order valence-electron chi connectivity index (χ4n) is 2.34. The SMILES string of the molecule is COc1c(C)ccc(NC(C)Cc2ccco2)c1C. The van der Waals surface area contributed by atoms with Crippen LogP contribution in [0, 0.1) is 13.8 Å². The van der Waals surface area contributed by atoms with Crippen LogP contribution < -0.4 is 10.1 Å². The molecule has 1 N–H and O–H groups in total. The standard InChI is InChI=1S/C16H21NO2/c1-11-7-8-15(13(3)16(11)18-4)17-12(2)10-14-6-5-9-19-14/h5-9,12,17H,10H2,1-4H3. The zero-order valence-electron chi connectivity index (χ0n) is 12.0. The van der Waals surface area contributed by atoms with E-state index in [2.05, 4.69) is 38.2 Å². The van der Waals surface area contributed by atoms with Gasteiger partial charge in [-0.15, -0.1) is 0 Å². The van der Waals surface area contributed by atoms with E-state index in [4.69, 9.17) is 9.15 Å². The van der Waals surface area contributed by atoms with Gasteiger partial charge in [0, 0.05) is 23.7 Å². The summed E-state index contributed by atoms with van der Waals surface area (Å²) in [7, 11) is 1.71. The quantitative estimate of drug-likeness (QED) is 0.883. The van der Waals surface area contributed by atoms with Crippen LogP contribution in [-0.2, 0) is 6.42 Å². The van der Waals surface area contributed by atoms with Crippen molar-refractivity contribution in [1.82, 2.24) is 0 Å². The van der Waals surface area contributed by atoms with E-state index in [-0.39, 0.29) is 0 Å². The lowest BCUT2D eigenvalue weighted by Gasteiger charge is -2.18. The highest BCUT2D eigenvalue weighted by Gasteiger charge is 2.11. The van der Waals surface area contributed by atoms with Crippen molar-refractivity contribution in [2.45, 2.75) is 33.2 Å². The maximum Gasteiger partial charge on any atom is 0.126 e. The van der Waals surface area contributed by atoms with Crippen LogP contribution >= 0.6 is 0 Å². The number of rotatable bonds is 5. The van der Waals surface area contributed by atoms with Gasteiger partial charge in [-0.3, -0.25) is 0 Å². The topological polar surface area (TPSA) is 34.4 Å². The molecule has 1 unspecified atom stereocenters. The van der Waals surface area contributed by atoms with Crippen molar-refractivity contribution in [3.8, 4) is 5.75 Å². The summed E-state index contributed by atoms with van der Waals surface area (Å²) < 4.78 is 10.8. The van der Waals surface area contributed by atoms with E-state index in [0.717, 1.165) is 34.7 Å². The molecule has 0 saturated heterocycles. The van der Waals surface area contributed by atoms with Crippen molar-refractivity contribution in [1.29, 1.82) is 0 Å². The maximum absolute atomic E-state index is 5.45. The smallest absolute Gasteiger partial charge is 0.126 e. The number of ether oxygens (including phenoxy) is 1. The summed E-state index contributed by atoms with van der Waals surface area (Å²) in [5.74, 6) is 1.95. The molecule has 0 spiro atoms. The monoisotopic (exact) mass is 259 g/mol. The molecule has 2 rings (SSSR count). The van der Waals surface area contributed by atoms with Crippen LogP contribution in [0.1, 0.15) is 23.8 Å². The molecule has 19 heavy (non-hydrogen) atoms. The first-order valence-electron chi connectivity index (χ1n) is 6.55. The summed E-state index contributed by atoms with van der Waals surface area (Å²) in [5, 5.41) is 3.51. The summed E-state index contributed by atoms with van der Waals surface area (Å²) in [4.78, 5) is 0. The Labute approximate surface area is 114 Å². The van der Waals surface area contributed by atoms with Crippen molar-refractivity contribution in [3.05, 3.63) is 47.4 Å². The largest absolute Gasteiger partial charge is 0.496 e. The molecule has 2 aromatic rings. The number of benzene rings is 1. The summed E-state index contributed by atoms with van der Waals surface area (Å²) in [5.41, 5.74) is 3.42. The van der Waals surface area contributed by atoms with Crippen LogP contribution in [0.25, 0.3) is 0 Å². The predicted molar refractivity (Wildman–Crippen MR) is 78.0 cm³/mol. The Morgan fingerprint density at radius 1 is 1.26 bits per heavy atom. The molecule has 0 radical (unpaired) electrons. The van der Waals surface area contributed by atoms with Crippen LogP contribution in [0.3, 0.4) is 0 Å². The Morgan fingerprint density at radius 2 is 2.05 bits per heavy atom. The minimum absolute atomic E-state index is 0.303. The Morgan fingerprint density at radius 3 is 2.68 bits per heavy atom. The van der Waals surface area contributed by atoms with Gasteiger partial charge >= 0.3 is 0 Å². The van der Waals surface area contributed by atoms with E-state index in [1.54, 1.807) is 13.4 Å². The van der Waals surface area contributed by atoms with E-state index in [1.165, 1.54) is 0 Å². The lowest BCUT2D eigenvalue weighted by atomic mass is 10.1. The second-order valence-electron chi connectivity index (χ2n) is 4.92. The minimum Gasteiger partial charge on any atom is -0.496 e. The van der Waals surface area contributed by atoms with Gasteiger partial charge in [-0.05, 0) is 44.5 Å². The number of hydrogen-bond donors (Lipinski definition) is 1. The van der Waals surface area contributed by atoms with Gasteiger partial charge in [0.25, 0.3) is 0 Å². The highest BCUT2D eigenvalue weighted by Crippen LogP contribution is 2.29. The predicted octanol–water partition coefficient (Wildman–Crippen LogP) is 3.95. The fraction of sp³-hybridized carbons (Fsp3) is 0.375.